The number of hydrogen-bond donors (Lipinski definition) is 0. The van der Waals surface area contributed by atoms with Crippen molar-refractivity contribution < 1.29 is 14.1 Å². The lowest BCUT2D eigenvalue weighted by atomic mass is 9.95. The zero-order chi connectivity index (χ0) is 24.1. The molecule has 34 heavy (non-hydrogen) atoms. The summed E-state index contributed by atoms with van der Waals surface area (Å²) in [7, 11) is 1.69. The van der Waals surface area contributed by atoms with Gasteiger partial charge in [0.15, 0.2) is 0 Å². The second kappa shape index (κ2) is 10.8. The van der Waals surface area contributed by atoms with E-state index in [9.17, 15) is 9.59 Å². The van der Waals surface area contributed by atoms with E-state index in [1.54, 1.807) is 24.1 Å². The number of piperidine rings is 1. The SMILES string of the molecule is CCC(C(=O)N(C)CC(=O)N1CCCCC1c1nc(-c2cccc(Cl)c2)no1)c1ccccc1. The van der Waals surface area contributed by atoms with Crippen molar-refractivity contribution in [1.82, 2.24) is 19.9 Å². The van der Waals surface area contributed by atoms with Crippen LogP contribution in [0.5, 0.6) is 0 Å². The number of amides is 2. The molecule has 4 rings (SSSR count). The molecule has 2 atom stereocenters. The van der Waals surface area contributed by atoms with Crippen LogP contribution in [0.3, 0.4) is 0 Å². The van der Waals surface area contributed by atoms with Crippen LogP contribution in [0, 0.1) is 0 Å². The molecule has 0 aliphatic carbocycles. The van der Waals surface area contributed by atoms with E-state index in [-0.39, 0.29) is 30.3 Å². The molecule has 2 aromatic carbocycles. The van der Waals surface area contributed by atoms with Crippen LogP contribution < -0.4 is 0 Å². The summed E-state index contributed by atoms with van der Waals surface area (Å²) < 4.78 is 5.57. The quantitative estimate of drug-likeness (QED) is 0.470. The molecule has 0 radical (unpaired) electrons. The lowest BCUT2D eigenvalue weighted by Crippen LogP contribution is -2.45. The Hall–Kier alpha value is -3.19. The van der Waals surface area contributed by atoms with Gasteiger partial charge in [0, 0.05) is 24.2 Å². The van der Waals surface area contributed by atoms with Crippen LogP contribution in [0.25, 0.3) is 11.4 Å². The number of halogens is 1. The summed E-state index contributed by atoms with van der Waals surface area (Å²) in [5.74, 6) is 0.402. The highest BCUT2D eigenvalue weighted by molar-refractivity contribution is 6.30. The number of nitrogens with zero attached hydrogens (tertiary/aromatic N) is 4. The van der Waals surface area contributed by atoms with E-state index in [0.717, 1.165) is 30.4 Å². The summed E-state index contributed by atoms with van der Waals surface area (Å²) in [6.45, 7) is 2.59. The van der Waals surface area contributed by atoms with E-state index in [0.29, 0.717) is 29.7 Å². The van der Waals surface area contributed by atoms with Gasteiger partial charge < -0.3 is 14.3 Å². The average molecular weight is 481 g/mol. The fraction of sp³-hybridized carbons (Fsp3) is 0.385. The fourth-order valence-electron chi connectivity index (χ4n) is 4.48. The molecule has 2 amide bonds. The fourth-order valence-corrected chi connectivity index (χ4v) is 4.67. The number of benzene rings is 2. The van der Waals surface area contributed by atoms with E-state index < -0.39 is 0 Å². The molecular formula is C26H29ClN4O3. The molecule has 1 aliphatic rings. The number of aromatic nitrogens is 2. The number of likely N-dealkylation sites (N-methyl/N-ethyl adjacent to an activating group) is 1. The van der Waals surface area contributed by atoms with Gasteiger partial charge in [-0.05, 0) is 43.4 Å². The van der Waals surface area contributed by atoms with Crippen molar-refractivity contribution in [2.45, 2.75) is 44.6 Å². The summed E-state index contributed by atoms with van der Waals surface area (Å²) in [5.41, 5.74) is 1.72. The molecule has 1 saturated heterocycles. The molecule has 7 nitrogen and oxygen atoms in total. The van der Waals surface area contributed by atoms with Crippen LogP contribution in [0.2, 0.25) is 5.02 Å². The highest BCUT2D eigenvalue weighted by Gasteiger charge is 2.34. The van der Waals surface area contributed by atoms with Crippen LogP contribution in [0.4, 0.5) is 0 Å². The van der Waals surface area contributed by atoms with E-state index in [1.165, 1.54) is 4.90 Å². The summed E-state index contributed by atoms with van der Waals surface area (Å²) >= 11 is 6.09. The first-order valence-electron chi connectivity index (χ1n) is 11.7. The van der Waals surface area contributed by atoms with Crippen molar-refractivity contribution in [3.8, 4) is 11.4 Å². The summed E-state index contributed by atoms with van der Waals surface area (Å²) in [6, 6.07) is 16.6. The van der Waals surface area contributed by atoms with Gasteiger partial charge in [-0.1, -0.05) is 66.1 Å². The van der Waals surface area contributed by atoms with Crippen LogP contribution in [-0.2, 0) is 9.59 Å². The highest BCUT2D eigenvalue weighted by atomic mass is 35.5. The monoisotopic (exact) mass is 480 g/mol. The Morgan fingerprint density at radius 3 is 2.71 bits per heavy atom. The van der Waals surface area contributed by atoms with E-state index in [2.05, 4.69) is 10.1 Å². The number of carbonyl (C=O) groups excluding carboxylic acids is 2. The number of likely N-dealkylation sites (tertiary alicyclic amines) is 1. The lowest BCUT2D eigenvalue weighted by Gasteiger charge is -2.35. The first-order valence-corrected chi connectivity index (χ1v) is 12.0. The molecule has 0 saturated carbocycles. The minimum absolute atomic E-state index is 0.00789. The Labute approximate surface area is 204 Å². The van der Waals surface area contributed by atoms with Crippen molar-refractivity contribution in [3.63, 3.8) is 0 Å². The Morgan fingerprint density at radius 2 is 1.97 bits per heavy atom. The zero-order valence-corrected chi connectivity index (χ0v) is 20.2. The Morgan fingerprint density at radius 1 is 1.18 bits per heavy atom. The van der Waals surface area contributed by atoms with Gasteiger partial charge >= 0.3 is 0 Å². The van der Waals surface area contributed by atoms with Gasteiger partial charge in [0.05, 0.1) is 12.5 Å². The molecule has 1 aromatic heterocycles. The molecular weight excluding hydrogens is 452 g/mol. The molecule has 8 heteroatoms. The van der Waals surface area contributed by atoms with E-state index in [1.807, 2.05) is 49.4 Å². The third-order valence-corrected chi connectivity index (χ3v) is 6.52. The molecule has 3 aromatic rings. The van der Waals surface area contributed by atoms with Crippen LogP contribution in [0.15, 0.2) is 59.1 Å². The molecule has 0 bridgehead atoms. The van der Waals surface area contributed by atoms with Crippen molar-refractivity contribution in [2.24, 2.45) is 0 Å². The second-order valence-corrected chi connectivity index (χ2v) is 9.07. The summed E-state index contributed by atoms with van der Waals surface area (Å²) in [4.78, 5) is 34.3. The molecule has 2 unspecified atom stereocenters. The van der Waals surface area contributed by atoms with E-state index >= 15 is 0 Å². The second-order valence-electron chi connectivity index (χ2n) is 8.63. The van der Waals surface area contributed by atoms with E-state index in [4.69, 9.17) is 16.1 Å². The predicted molar refractivity (Wildman–Crippen MR) is 130 cm³/mol. The standard InChI is InChI=1S/C26H29ClN4O3/c1-3-21(18-10-5-4-6-11-18)26(33)30(2)17-23(32)31-15-8-7-14-22(31)25-28-24(29-34-25)19-12-9-13-20(27)16-19/h4-6,9-13,16,21-22H,3,7-8,14-15,17H2,1-2H3. The van der Waals surface area contributed by atoms with Gasteiger partial charge in [0.1, 0.15) is 6.04 Å². The third kappa shape index (κ3) is 5.30. The van der Waals surface area contributed by atoms with Gasteiger partial charge in [-0.3, -0.25) is 9.59 Å². The highest BCUT2D eigenvalue weighted by Crippen LogP contribution is 2.32. The molecule has 0 spiro atoms. The first kappa shape index (κ1) is 24.0. The number of hydrogen-bond acceptors (Lipinski definition) is 5. The van der Waals surface area contributed by atoms with Crippen molar-refractivity contribution >= 4 is 23.4 Å². The van der Waals surface area contributed by atoms with Crippen molar-refractivity contribution in [1.29, 1.82) is 0 Å². The van der Waals surface area contributed by atoms with Gasteiger partial charge in [0.25, 0.3) is 0 Å². The topological polar surface area (TPSA) is 79.5 Å². The molecule has 1 fully saturated rings. The largest absolute Gasteiger partial charge is 0.337 e. The number of carbonyl (C=O) groups is 2. The van der Waals surface area contributed by atoms with Crippen LogP contribution in [-0.4, -0.2) is 51.9 Å². The van der Waals surface area contributed by atoms with Gasteiger partial charge in [0.2, 0.25) is 23.5 Å². The van der Waals surface area contributed by atoms with Crippen LogP contribution in [0.1, 0.15) is 56.0 Å². The maximum Gasteiger partial charge on any atom is 0.249 e. The predicted octanol–water partition coefficient (Wildman–Crippen LogP) is 5.10. The Bertz CT molecular complexity index is 1130. The van der Waals surface area contributed by atoms with Gasteiger partial charge in [-0.25, -0.2) is 0 Å². The maximum absolute atomic E-state index is 13.3. The zero-order valence-electron chi connectivity index (χ0n) is 19.5. The summed E-state index contributed by atoms with van der Waals surface area (Å²) in [5, 5.41) is 4.70. The minimum atomic E-state index is -0.304. The van der Waals surface area contributed by atoms with Crippen molar-refractivity contribution in [3.05, 3.63) is 71.1 Å². The Balaban J connectivity index is 1.47. The Kier molecular flexibility index (Phi) is 7.63. The molecule has 178 valence electrons. The number of rotatable bonds is 7. The normalized spacial score (nSPS) is 16.8. The molecule has 1 aliphatic heterocycles. The maximum atomic E-state index is 13.3. The molecule has 2 heterocycles. The summed E-state index contributed by atoms with van der Waals surface area (Å²) in [6.07, 6.45) is 3.27. The van der Waals surface area contributed by atoms with Gasteiger partial charge in [-0.2, -0.15) is 4.98 Å². The first-order chi connectivity index (χ1) is 16.5. The average Bonchev–Trinajstić information content (AvgIpc) is 3.35. The van der Waals surface area contributed by atoms with Crippen LogP contribution >= 0.6 is 11.6 Å². The molecule has 0 N–H and O–H groups in total. The van der Waals surface area contributed by atoms with Crippen molar-refractivity contribution in [2.75, 3.05) is 20.1 Å². The third-order valence-electron chi connectivity index (χ3n) is 6.29. The minimum Gasteiger partial charge on any atom is -0.337 e. The van der Waals surface area contributed by atoms with Gasteiger partial charge in [-0.15, -0.1) is 0 Å². The lowest BCUT2D eigenvalue weighted by molar-refractivity contribution is -0.143. The smallest absolute Gasteiger partial charge is 0.249 e.